The normalized spacial score (nSPS) is 10.8. The number of methoxy groups -OCH3 is 1. The Morgan fingerprint density at radius 2 is 2.21 bits per heavy atom. The molecular weight excluding hydrogens is 306 g/mol. The molecule has 0 aliphatic heterocycles. The van der Waals surface area contributed by atoms with Gasteiger partial charge in [0.15, 0.2) is 0 Å². The van der Waals surface area contributed by atoms with Crippen molar-refractivity contribution in [1.82, 2.24) is 14.5 Å². The molecule has 2 heterocycles. The largest absolute Gasteiger partial charge is 0.497 e. The topological polar surface area (TPSA) is 39.9 Å². The summed E-state index contributed by atoms with van der Waals surface area (Å²) < 4.78 is 8.39. The maximum atomic E-state index is 5.36. The summed E-state index contributed by atoms with van der Waals surface area (Å²) in [5.41, 5.74) is 2.08. The van der Waals surface area contributed by atoms with Crippen LogP contribution in [0.25, 0.3) is 10.9 Å². The molecule has 2 aromatic heterocycles. The SMILES string of the molecule is COc1cc(Cn2ccnc2)c2nccc(Br)c2c1. The zero-order valence-electron chi connectivity index (χ0n) is 10.4. The summed E-state index contributed by atoms with van der Waals surface area (Å²) in [6.07, 6.45) is 7.30. The van der Waals surface area contributed by atoms with Crippen molar-refractivity contribution in [1.29, 1.82) is 0 Å². The number of fused-ring (bicyclic) bond motifs is 1. The van der Waals surface area contributed by atoms with E-state index in [1.54, 1.807) is 25.8 Å². The van der Waals surface area contributed by atoms with Crippen LogP contribution in [0, 0.1) is 0 Å². The van der Waals surface area contributed by atoms with E-state index in [-0.39, 0.29) is 0 Å². The summed E-state index contributed by atoms with van der Waals surface area (Å²) in [6, 6.07) is 5.94. The summed E-state index contributed by atoms with van der Waals surface area (Å²) in [7, 11) is 1.67. The molecule has 0 saturated carbocycles. The van der Waals surface area contributed by atoms with Crippen LogP contribution in [0.4, 0.5) is 0 Å². The molecule has 0 aliphatic carbocycles. The maximum absolute atomic E-state index is 5.36. The Balaban J connectivity index is 2.18. The summed E-state index contributed by atoms with van der Waals surface area (Å²) in [4.78, 5) is 8.54. The maximum Gasteiger partial charge on any atom is 0.119 e. The Hall–Kier alpha value is -1.88. The summed E-state index contributed by atoms with van der Waals surface area (Å²) in [5.74, 6) is 0.830. The predicted octanol–water partition coefficient (Wildman–Crippen LogP) is 3.25. The molecule has 0 fully saturated rings. The number of rotatable bonds is 3. The van der Waals surface area contributed by atoms with E-state index in [9.17, 15) is 0 Å². The van der Waals surface area contributed by atoms with Gasteiger partial charge in [-0.05, 0) is 18.2 Å². The molecule has 0 unspecified atom stereocenters. The average molecular weight is 318 g/mol. The molecule has 0 atom stereocenters. The number of ether oxygens (including phenoxy) is 1. The molecule has 1 aromatic carbocycles. The Bertz CT molecular complexity index is 710. The third kappa shape index (κ3) is 2.33. The van der Waals surface area contributed by atoms with E-state index in [2.05, 4.69) is 25.9 Å². The highest BCUT2D eigenvalue weighted by atomic mass is 79.9. The molecule has 0 saturated heterocycles. The standard InChI is InChI=1S/C14H12BrN3O/c1-19-11-6-10(8-18-5-4-16-9-18)14-12(7-11)13(15)2-3-17-14/h2-7,9H,8H2,1H3. The van der Waals surface area contributed by atoms with E-state index in [1.165, 1.54) is 0 Å². The second kappa shape index (κ2) is 5.01. The van der Waals surface area contributed by atoms with Crippen molar-refractivity contribution in [3.63, 3.8) is 0 Å². The van der Waals surface area contributed by atoms with Gasteiger partial charge < -0.3 is 9.30 Å². The van der Waals surface area contributed by atoms with Gasteiger partial charge in [0.05, 0.1) is 25.5 Å². The van der Waals surface area contributed by atoms with Crippen LogP contribution in [0.15, 0.2) is 47.6 Å². The molecule has 0 amide bonds. The first kappa shape index (κ1) is 12.2. The minimum Gasteiger partial charge on any atom is -0.497 e. The van der Waals surface area contributed by atoms with Crippen molar-refractivity contribution >= 4 is 26.8 Å². The van der Waals surface area contributed by atoms with Crippen molar-refractivity contribution < 1.29 is 4.74 Å². The first-order valence-electron chi connectivity index (χ1n) is 5.85. The van der Waals surface area contributed by atoms with E-state index in [0.29, 0.717) is 0 Å². The fourth-order valence-electron chi connectivity index (χ4n) is 2.08. The van der Waals surface area contributed by atoms with E-state index in [0.717, 1.165) is 33.2 Å². The summed E-state index contributed by atoms with van der Waals surface area (Å²) >= 11 is 3.56. The Morgan fingerprint density at radius 1 is 1.32 bits per heavy atom. The highest BCUT2D eigenvalue weighted by Gasteiger charge is 2.09. The molecule has 96 valence electrons. The van der Waals surface area contributed by atoms with Gasteiger partial charge in [-0.2, -0.15) is 0 Å². The zero-order valence-corrected chi connectivity index (χ0v) is 12.0. The minimum absolute atomic E-state index is 0.719. The van der Waals surface area contributed by atoms with Gasteiger partial charge in [0, 0.05) is 34.0 Å². The van der Waals surface area contributed by atoms with E-state index in [4.69, 9.17) is 4.74 Å². The fourth-order valence-corrected chi connectivity index (χ4v) is 2.50. The van der Waals surface area contributed by atoms with Crippen LogP contribution < -0.4 is 4.74 Å². The van der Waals surface area contributed by atoms with E-state index < -0.39 is 0 Å². The van der Waals surface area contributed by atoms with E-state index in [1.807, 2.05) is 29.0 Å². The predicted molar refractivity (Wildman–Crippen MR) is 77.3 cm³/mol. The third-order valence-electron chi connectivity index (χ3n) is 2.99. The number of aromatic nitrogens is 3. The molecule has 0 aliphatic rings. The lowest BCUT2D eigenvalue weighted by molar-refractivity contribution is 0.415. The van der Waals surface area contributed by atoms with Gasteiger partial charge >= 0.3 is 0 Å². The minimum atomic E-state index is 0.719. The van der Waals surface area contributed by atoms with Crippen LogP contribution in [-0.2, 0) is 6.54 Å². The molecule has 0 spiro atoms. The van der Waals surface area contributed by atoms with Crippen LogP contribution in [0.1, 0.15) is 5.56 Å². The zero-order chi connectivity index (χ0) is 13.2. The Labute approximate surface area is 119 Å². The summed E-state index contributed by atoms with van der Waals surface area (Å²) in [6.45, 7) is 0.719. The molecule has 0 radical (unpaired) electrons. The van der Waals surface area contributed by atoms with Crippen molar-refractivity contribution in [3.05, 3.63) is 53.2 Å². The highest BCUT2D eigenvalue weighted by Crippen LogP contribution is 2.29. The monoisotopic (exact) mass is 317 g/mol. The van der Waals surface area contributed by atoms with Gasteiger partial charge in [0.25, 0.3) is 0 Å². The van der Waals surface area contributed by atoms with Gasteiger partial charge in [-0.15, -0.1) is 0 Å². The van der Waals surface area contributed by atoms with Gasteiger partial charge in [0.1, 0.15) is 5.75 Å². The molecule has 4 nitrogen and oxygen atoms in total. The molecule has 5 heteroatoms. The number of imidazole rings is 1. The molecule has 0 bridgehead atoms. The lowest BCUT2D eigenvalue weighted by Gasteiger charge is -2.10. The fraction of sp³-hybridized carbons (Fsp3) is 0.143. The highest BCUT2D eigenvalue weighted by molar-refractivity contribution is 9.10. The molecular formula is C14H12BrN3O. The first-order chi connectivity index (χ1) is 9.28. The number of hydrogen-bond acceptors (Lipinski definition) is 3. The van der Waals surface area contributed by atoms with Crippen LogP contribution in [0.3, 0.4) is 0 Å². The number of benzene rings is 1. The lowest BCUT2D eigenvalue weighted by atomic mass is 10.1. The van der Waals surface area contributed by atoms with Crippen LogP contribution in [-0.4, -0.2) is 21.6 Å². The van der Waals surface area contributed by atoms with Crippen LogP contribution in [0.2, 0.25) is 0 Å². The Morgan fingerprint density at radius 3 is 2.95 bits per heavy atom. The molecule has 0 N–H and O–H groups in total. The third-order valence-corrected chi connectivity index (χ3v) is 3.68. The second-order valence-electron chi connectivity index (χ2n) is 4.21. The van der Waals surface area contributed by atoms with Crippen LogP contribution in [0.5, 0.6) is 5.75 Å². The Kier molecular flexibility index (Phi) is 3.21. The molecule has 3 aromatic rings. The van der Waals surface area contributed by atoms with Crippen molar-refractivity contribution in [2.24, 2.45) is 0 Å². The number of halogens is 1. The van der Waals surface area contributed by atoms with Crippen LogP contribution >= 0.6 is 15.9 Å². The number of nitrogens with zero attached hydrogens (tertiary/aromatic N) is 3. The number of pyridine rings is 1. The molecule has 19 heavy (non-hydrogen) atoms. The van der Waals surface area contributed by atoms with Gasteiger partial charge in [-0.1, -0.05) is 15.9 Å². The van der Waals surface area contributed by atoms with Gasteiger partial charge in [-0.3, -0.25) is 4.98 Å². The summed E-state index contributed by atoms with van der Waals surface area (Å²) in [5, 5.41) is 1.05. The lowest BCUT2D eigenvalue weighted by Crippen LogP contribution is -1.99. The average Bonchev–Trinajstić information content (AvgIpc) is 2.92. The first-order valence-corrected chi connectivity index (χ1v) is 6.64. The quantitative estimate of drug-likeness (QED) is 0.744. The van der Waals surface area contributed by atoms with Crippen molar-refractivity contribution in [2.75, 3.05) is 7.11 Å². The van der Waals surface area contributed by atoms with Gasteiger partial charge in [-0.25, -0.2) is 4.98 Å². The van der Waals surface area contributed by atoms with Crippen molar-refractivity contribution in [2.45, 2.75) is 6.54 Å². The van der Waals surface area contributed by atoms with Gasteiger partial charge in [0.2, 0.25) is 0 Å². The molecule has 3 rings (SSSR count). The van der Waals surface area contributed by atoms with E-state index >= 15 is 0 Å². The second-order valence-corrected chi connectivity index (χ2v) is 5.06. The van der Waals surface area contributed by atoms with Crippen molar-refractivity contribution in [3.8, 4) is 5.75 Å². The smallest absolute Gasteiger partial charge is 0.119 e. The number of hydrogen-bond donors (Lipinski definition) is 0.